The van der Waals surface area contributed by atoms with E-state index >= 15 is 0 Å². The van der Waals surface area contributed by atoms with Crippen LogP contribution in [0.3, 0.4) is 0 Å². The molecular formula is C14H19N3O2. The minimum absolute atomic E-state index is 0.0429. The standard InChI is InChI=1S/C14H19N3O2/c1-14(2,9-18)8-15-13(19)7-17-10-16-11-5-3-4-6-12(11)17/h3-6,10,18H,7-9H2,1-2H3,(H,15,19). The Balaban J connectivity index is 1.99. The topological polar surface area (TPSA) is 67.2 Å². The van der Waals surface area contributed by atoms with Crippen LogP contribution >= 0.6 is 0 Å². The Bertz CT molecular complexity index is 575. The summed E-state index contributed by atoms with van der Waals surface area (Å²) >= 11 is 0. The lowest BCUT2D eigenvalue weighted by molar-refractivity contribution is -0.122. The number of rotatable bonds is 5. The number of aliphatic hydroxyl groups is 1. The summed E-state index contributed by atoms with van der Waals surface area (Å²) in [5, 5.41) is 12.0. The summed E-state index contributed by atoms with van der Waals surface area (Å²) in [5.41, 5.74) is 1.53. The molecule has 5 heteroatoms. The van der Waals surface area contributed by atoms with E-state index < -0.39 is 0 Å². The van der Waals surface area contributed by atoms with E-state index in [1.165, 1.54) is 0 Å². The second-order valence-corrected chi connectivity index (χ2v) is 5.46. The van der Waals surface area contributed by atoms with Gasteiger partial charge in [-0.3, -0.25) is 4.79 Å². The predicted molar refractivity (Wildman–Crippen MR) is 73.6 cm³/mol. The molecule has 0 atom stereocenters. The van der Waals surface area contributed by atoms with E-state index in [0.717, 1.165) is 11.0 Å². The molecule has 0 aliphatic carbocycles. The summed E-state index contributed by atoms with van der Waals surface area (Å²) < 4.78 is 1.82. The second-order valence-electron chi connectivity index (χ2n) is 5.46. The minimum atomic E-state index is -0.299. The largest absolute Gasteiger partial charge is 0.396 e. The number of para-hydroxylation sites is 2. The molecule has 0 radical (unpaired) electrons. The van der Waals surface area contributed by atoms with E-state index in [-0.39, 0.29) is 24.5 Å². The van der Waals surface area contributed by atoms with E-state index in [9.17, 15) is 4.79 Å². The van der Waals surface area contributed by atoms with E-state index in [0.29, 0.717) is 6.54 Å². The average molecular weight is 261 g/mol. The number of aromatic nitrogens is 2. The zero-order valence-corrected chi connectivity index (χ0v) is 11.3. The van der Waals surface area contributed by atoms with Crippen molar-refractivity contribution in [2.75, 3.05) is 13.2 Å². The molecular weight excluding hydrogens is 242 g/mol. The number of carbonyl (C=O) groups excluding carboxylic acids is 1. The SMILES string of the molecule is CC(C)(CO)CNC(=O)Cn1cnc2ccccc21. The number of fused-ring (bicyclic) bond motifs is 1. The number of hydrogen-bond donors (Lipinski definition) is 2. The Labute approximate surface area is 112 Å². The minimum Gasteiger partial charge on any atom is -0.396 e. The highest BCUT2D eigenvalue weighted by atomic mass is 16.3. The predicted octanol–water partition coefficient (Wildman–Crippen LogP) is 1.17. The molecule has 0 unspecified atom stereocenters. The van der Waals surface area contributed by atoms with Gasteiger partial charge in [-0.05, 0) is 12.1 Å². The van der Waals surface area contributed by atoms with Gasteiger partial charge in [0.2, 0.25) is 5.91 Å². The maximum Gasteiger partial charge on any atom is 0.240 e. The lowest BCUT2D eigenvalue weighted by Crippen LogP contribution is -2.37. The monoisotopic (exact) mass is 261 g/mol. The van der Waals surface area contributed by atoms with Crippen LogP contribution in [0.1, 0.15) is 13.8 Å². The molecule has 2 rings (SSSR count). The summed E-state index contributed by atoms with van der Waals surface area (Å²) in [4.78, 5) is 16.1. The summed E-state index contributed by atoms with van der Waals surface area (Å²) in [6, 6.07) is 7.70. The van der Waals surface area contributed by atoms with Crippen LogP contribution in [-0.2, 0) is 11.3 Å². The van der Waals surface area contributed by atoms with Crippen molar-refractivity contribution in [2.45, 2.75) is 20.4 Å². The number of nitrogens with one attached hydrogen (secondary N) is 1. The molecule has 2 N–H and O–H groups in total. The quantitative estimate of drug-likeness (QED) is 0.849. The van der Waals surface area contributed by atoms with E-state index in [1.807, 2.05) is 42.7 Å². The van der Waals surface area contributed by atoms with Crippen LogP contribution < -0.4 is 5.32 Å². The molecule has 1 aromatic heterocycles. The van der Waals surface area contributed by atoms with Gasteiger partial charge in [-0.1, -0.05) is 26.0 Å². The second kappa shape index (κ2) is 5.40. The van der Waals surface area contributed by atoms with E-state index in [1.54, 1.807) is 6.33 Å². The third-order valence-electron chi connectivity index (χ3n) is 3.03. The van der Waals surface area contributed by atoms with Crippen molar-refractivity contribution < 1.29 is 9.90 Å². The summed E-state index contributed by atoms with van der Waals surface area (Å²) in [5.74, 6) is -0.0790. The molecule has 0 aliphatic rings. The Kier molecular flexibility index (Phi) is 3.85. The summed E-state index contributed by atoms with van der Waals surface area (Å²) in [6.07, 6.45) is 1.67. The summed E-state index contributed by atoms with van der Waals surface area (Å²) in [6.45, 7) is 4.54. The van der Waals surface area contributed by atoms with Gasteiger partial charge in [0.1, 0.15) is 6.54 Å². The number of carbonyl (C=O) groups is 1. The maximum absolute atomic E-state index is 11.9. The van der Waals surface area contributed by atoms with Crippen LogP contribution in [0.4, 0.5) is 0 Å². The highest BCUT2D eigenvalue weighted by molar-refractivity contribution is 5.80. The Morgan fingerprint density at radius 1 is 1.42 bits per heavy atom. The highest BCUT2D eigenvalue weighted by Gasteiger charge is 2.17. The van der Waals surface area contributed by atoms with Crippen LogP contribution in [-0.4, -0.2) is 33.7 Å². The van der Waals surface area contributed by atoms with Gasteiger partial charge in [-0.15, -0.1) is 0 Å². The van der Waals surface area contributed by atoms with Gasteiger partial charge in [0, 0.05) is 18.6 Å². The van der Waals surface area contributed by atoms with E-state index in [4.69, 9.17) is 5.11 Å². The van der Waals surface area contributed by atoms with Crippen molar-refractivity contribution in [1.82, 2.24) is 14.9 Å². The lowest BCUT2D eigenvalue weighted by atomic mass is 9.95. The third-order valence-corrected chi connectivity index (χ3v) is 3.03. The average Bonchev–Trinajstić information content (AvgIpc) is 2.80. The first-order valence-electron chi connectivity index (χ1n) is 6.29. The van der Waals surface area contributed by atoms with Crippen molar-refractivity contribution in [3.63, 3.8) is 0 Å². The fraction of sp³-hybridized carbons (Fsp3) is 0.429. The number of nitrogens with zero attached hydrogens (tertiary/aromatic N) is 2. The van der Waals surface area contributed by atoms with Crippen LogP contribution in [0, 0.1) is 5.41 Å². The number of hydrogen-bond acceptors (Lipinski definition) is 3. The molecule has 0 bridgehead atoms. The van der Waals surface area contributed by atoms with Gasteiger partial charge in [0.05, 0.1) is 17.4 Å². The van der Waals surface area contributed by atoms with Gasteiger partial charge in [0.25, 0.3) is 0 Å². The molecule has 5 nitrogen and oxygen atoms in total. The zero-order valence-electron chi connectivity index (χ0n) is 11.3. The molecule has 0 saturated heterocycles. The van der Waals surface area contributed by atoms with Crippen molar-refractivity contribution in [2.24, 2.45) is 5.41 Å². The first kappa shape index (κ1) is 13.5. The molecule has 102 valence electrons. The Morgan fingerprint density at radius 2 is 2.16 bits per heavy atom. The molecule has 0 aliphatic heterocycles. The zero-order chi connectivity index (χ0) is 13.9. The fourth-order valence-electron chi connectivity index (χ4n) is 1.74. The molecule has 0 spiro atoms. The number of benzene rings is 1. The number of amides is 1. The van der Waals surface area contributed by atoms with Crippen molar-refractivity contribution in [3.05, 3.63) is 30.6 Å². The van der Waals surface area contributed by atoms with Gasteiger partial charge in [-0.25, -0.2) is 4.98 Å². The van der Waals surface area contributed by atoms with Crippen LogP contribution in [0.5, 0.6) is 0 Å². The van der Waals surface area contributed by atoms with Crippen molar-refractivity contribution >= 4 is 16.9 Å². The molecule has 2 aromatic rings. The first-order valence-corrected chi connectivity index (χ1v) is 6.29. The highest BCUT2D eigenvalue weighted by Crippen LogP contribution is 2.13. The smallest absolute Gasteiger partial charge is 0.240 e. The van der Waals surface area contributed by atoms with E-state index in [2.05, 4.69) is 10.3 Å². The van der Waals surface area contributed by atoms with Crippen molar-refractivity contribution in [3.8, 4) is 0 Å². The van der Waals surface area contributed by atoms with Gasteiger partial charge in [0.15, 0.2) is 0 Å². The van der Waals surface area contributed by atoms with Gasteiger partial charge in [-0.2, -0.15) is 0 Å². The fourth-order valence-corrected chi connectivity index (χ4v) is 1.74. The first-order chi connectivity index (χ1) is 9.02. The Morgan fingerprint density at radius 3 is 2.89 bits per heavy atom. The molecule has 0 saturated carbocycles. The molecule has 1 heterocycles. The van der Waals surface area contributed by atoms with Crippen molar-refractivity contribution in [1.29, 1.82) is 0 Å². The molecule has 1 amide bonds. The summed E-state index contributed by atoms with van der Waals surface area (Å²) in [7, 11) is 0. The number of imidazole rings is 1. The van der Waals surface area contributed by atoms with Crippen LogP contribution in [0.2, 0.25) is 0 Å². The lowest BCUT2D eigenvalue weighted by Gasteiger charge is -2.21. The Hall–Kier alpha value is -1.88. The molecule has 19 heavy (non-hydrogen) atoms. The molecule has 1 aromatic carbocycles. The third kappa shape index (κ3) is 3.32. The molecule has 0 fully saturated rings. The van der Waals surface area contributed by atoms with Crippen LogP contribution in [0.15, 0.2) is 30.6 Å². The van der Waals surface area contributed by atoms with Gasteiger partial charge >= 0.3 is 0 Å². The normalized spacial score (nSPS) is 11.7. The van der Waals surface area contributed by atoms with Gasteiger partial charge < -0.3 is 15.0 Å². The maximum atomic E-state index is 11.9. The van der Waals surface area contributed by atoms with Crippen LogP contribution in [0.25, 0.3) is 11.0 Å². The number of aliphatic hydroxyl groups excluding tert-OH is 1.